The van der Waals surface area contributed by atoms with E-state index in [0.717, 1.165) is 16.8 Å². The molecule has 0 saturated heterocycles. The first-order valence-corrected chi connectivity index (χ1v) is 9.33. The number of nitrogens with one attached hydrogen (secondary N) is 1. The number of H-pyrrole nitrogens is 1. The highest BCUT2D eigenvalue weighted by molar-refractivity contribution is 6.35. The summed E-state index contributed by atoms with van der Waals surface area (Å²) < 4.78 is 0. The second-order valence-electron chi connectivity index (χ2n) is 6.56. The summed E-state index contributed by atoms with van der Waals surface area (Å²) in [6.45, 7) is 1.68. The van der Waals surface area contributed by atoms with Gasteiger partial charge in [0.05, 0.1) is 10.7 Å². The molecule has 0 spiro atoms. The molecule has 7 heteroatoms. The summed E-state index contributed by atoms with van der Waals surface area (Å²) >= 11 is 12.1. The average molecular weight is 402 g/mol. The van der Waals surface area contributed by atoms with Gasteiger partial charge in [0.1, 0.15) is 11.6 Å². The van der Waals surface area contributed by atoms with Crippen molar-refractivity contribution >= 4 is 23.2 Å². The molecule has 2 aromatic carbocycles. The number of rotatable bonds is 3. The highest BCUT2D eigenvalue weighted by atomic mass is 35.5. The molecule has 2 heterocycles. The molecule has 0 aliphatic carbocycles. The van der Waals surface area contributed by atoms with E-state index in [1.54, 1.807) is 6.07 Å². The van der Waals surface area contributed by atoms with Crippen molar-refractivity contribution in [2.45, 2.75) is 19.5 Å². The molecule has 1 aromatic heterocycles. The van der Waals surface area contributed by atoms with Gasteiger partial charge in [-0.05, 0) is 18.6 Å². The normalized spacial score (nSPS) is 14.1. The maximum Gasteiger partial charge on any atom is 0.254 e. The number of benzene rings is 2. The Bertz CT molecular complexity index is 1050. The molecule has 4 rings (SSSR count). The van der Waals surface area contributed by atoms with Crippen molar-refractivity contribution in [2.75, 3.05) is 6.54 Å². The molecule has 2 N–H and O–H groups in total. The van der Waals surface area contributed by atoms with Crippen molar-refractivity contribution in [1.82, 2.24) is 14.9 Å². The van der Waals surface area contributed by atoms with Crippen LogP contribution in [-0.4, -0.2) is 26.5 Å². The Balaban J connectivity index is 1.63. The SMILES string of the molecule is O=c1[nH]c(-c2ccccc2)nc2c1CCN(Cc1cc(Cl)cc(Cl)c1O)C2. The van der Waals surface area contributed by atoms with E-state index in [9.17, 15) is 9.90 Å². The van der Waals surface area contributed by atoms with Crippen LogP contribution in [0.3, 0.4) is 0 Å². The summed E-state index contributed by atoms with van der Waals surface area (Å²) in [5.74, 6) is 0.602. The number of phenols is 1. The lowest BCUT2D eigenvalue weighted by Crippen LogP contribution is -2.35. The Morgan fingerprint density at radius 1 is 1.19 bits per heavy atom. The summed E-state index contributed by atoms with van der Waals surface area (Å²) in [5.41, 5.74) is 2.92. The van der Waals surface area contributed by atoms with E-state index in [1.165, 1.54) is 6.07 Å². The van der Waals surface area contributed by atoms with E-state index in [0.29, 0.717) is 42.5 Å². The van der Waals surface area contributed by atoms with E-state index in [-0.39, 0.29) is 16.3 Å². The van der Waals surface area contributed by atoms with E-state index < -0.39 is 0 Å². The zero-order chi connectivity index (χ0) is 19.0. The molecular weight excluding hydrogens is 385 g/mol. The fourth-order valence-corrected chi connectivity index (χ4v) is 3.88. The molecule has 138 valence electrons. The Kier molecular flexibility index (Phi) is 4.91. The molecule has 1 aliphatic rings. The summed E-state index contributed by atoms with van der Waals surface area (Å²) in [4.78, 5) is 22.2. The fourth-order valence-electron chi connectivity index (χ4n) is 3.34. The van der Waals surface area contributed by atoms with Crippen molar-refractivity contribution < 1.29 is 5.11 Å². The smallest absolute Gasteiger partial charge is 0.254 e. The Hall–Kier alpha value is -2.34. The summed E-state index contributed by atoms with van der Waals surface area (Å²) in [6, 6.07) is 12.8. The van der Waals surface area contributed by atoms with Crippen LogP contribution in [0.5, 0.6) is 5.75 Å². The summed E-state index contributed by atoms with van der Waals surface area (Å²) in [5, 5.41) is 10.9. The third kappa shape index (κ3) is 3.72. The molecule has 1 aliphatic heterocycles. The van der Waals surface area contributed by atoms with Crippen LogP contribution in [0, 0.1) is 0 Å². The third-order valence-electron chi connectivity index (χ3n) is 4.70. The Labute approximate surface area is 166 Å². The Morgan fingerprint density at radius 2 is 1.96 bits per heavy atom. The van der Waals surface area contributed by atoms with Crippen LogP contribution in [0.15, 0.2) is 47.3 Å². The van der Waals surface area contributed by atoms with Crippen LogP contribution in [0.1, 0.15) is 16.8 Å². The number of aromatic amines is 1. The molecule has 0 amide bonds. The minimum absolute atomic E-state index is 0.0377. The lowest BCUT2D eigenvalue weighted by molar-refractivity contribution is 0.237. The van der Waals surface area contributed by atoms with Crippen molar-refractivity contribution in [2.24, 2.45) is 0 Å². The van der Waals surface area contributed by atoms with Gasteiger partial charge in [-0.15, -0.1) is 0 Å². The predicted octanol–water partition coefficient (Wildman–Crippen LogP) is 4.01. The number of hydrogen-bond donors (Lipinski definition) is 2. The first-order chi connectivity index (χ1) is 13.0. The first-order valence-electron chi connectivity index (χ1n) is 8.58. The fraction of sp³-hybridized carbons (Fsp3) is 0.200. The number of phenolic OH excluding ortho intramolecular Hbond substituents is 1. The van der Waals surface area contributed by atoms with Crippen LogP contribution in [0.2, 0.25) is 10.0 Å². The topological polar surface area (TPSA) is 69.2 Å². The van der Waals surface area contributed by atoms with Gasteiger partial charge in [-0.1, -0.05) is 53.5 Å². The largest absolute Gasteiger partial charge is 0.506 e. The lowest BCUT2D eigenvalue weighted by Gasteiger charge is -2.28. The van der Waals surface area contributed by atoms with Gasteiger partial charge in [0, 0.05) is 41.3 Å². The molecule has 0 unspecified atom stereocenters. The average Bonchev–Trinajstić information content (AvgIpc) is 2.66. The second kappa shape index (κ2) is 7.35. The molecule has 5 nitrogen and oxygen atoms in total. The monoisotopic (exact) mass is 401 g/mol. The first kappa shape index (κ1) is 18.0. The molecule has 0 radical (unpaired) electrons. The van der Waals surface area contributed by atoms with E-state index in [4.69, 9.17) is 23.2 Å². The van der Waals surface area contributed by atoms with E-state index >= 15 is 0 Å². The highest BCUT2D eigenvalue weighted by Gasteiger charge is 2.22. The van der Waals surface area contributed by atoms with Crippen molar-refractivity contribution in [3.05, 3.63) is 79.7 Å². The molecular formula is C20H17Cl2N3O2. The number of nitrogens with zero attached hydrogens (tertiary/aromatic N) is 2. The quantitative estimate of drug-likeness (QED) is 0.695. The number of fused-ring (bicyclic) bond motifs is 1. The van der Waals surface area contributed by atoms with Gasteiger partial charge in [-0.3, -0.25) is 9.69 Å². The molecule has 27 heavy (non-hydrogen) atoms. The van der Waals surface area contributed by atoms with Crippen molar-refractivity contribution in [1.29, 1.82) is 0 Å². The van der Waals surface area contributed by atoms with Crippen LogP contribution < -0.4 is 5.56 Å². The number of halogens is 2. The molecule has 0 fully saturated rings. The van der Waals surface area contributed by atoms with E-state index in [1.807, 2.05) is 30.3 Å². The summed E-state index contributed by atoms with van der Waals surface area (Å²) in [7, 11) is 0. The molecule has 0 bridgehead atoms. The minimum atomic E-state index is -0.0906. The third-order valence-corrected chi connectivity index (χ3v) is 5.21. The van der Waals surface area contributed by atoms with Crippen LogP contribution in [0.25, 0.3) is 11.4 Å². The van der Waals surface area contributed by atoms with Crippen LogP contribution in [-0.2, 0) is 19.5 Å². The number of hydrogen-bond acceptors (Lipinski definition) is 4. The standard InChI is InChI=1S/C20H17Cl2N3O2/c21-14-8-13(18(26)16(22)9-14)10-25-7-6-15-17(11-25)23-19(24-20(15)27)12-4-2-1-3-5-12/h1-5,8-9,26H,6-7,10-11H2,(H,23,24,27). The number of aromatic nitrogens is 2. The minimum Gasteiger partial charge on any atom is -0.506 e. The van der Waals surface area contributed by atoms with Gasteiger partial charge in [-0.2, -0.15) is 0 Å². The van der Waals surface area contributed by atoms with Gasteiger partial charge in [-0.25, -0.2) is 4.98 Å². The van der Waals surface area contributed by atoms with Gasteiger partial charge in [0.15, 0.2) is 0 Å². The molecule has 0 atom stereocenters. The van der Waals surface area contributed by atoms with Gasteiger partial charge in [0.25, 0.3) is 5.56 Å². The van der Waals surface area contributed by atoms with Crippen molar-refractivity contribution in [3.8, 4) is 17.1 Å². The van der Waals surface area contributed by atoms with Gasteiger partial charge in [0.2, 0.25) is 0 Å². The number of aromatic hydroxyl groups is 1. The van der Waals surface area contributed by atoms with Crippen molar-refractivity contribution in [3.63, 3.8) is 0 Å². The van der Waals surface area contributed by atoms with Crippen LogP contribution in [0.4, 0.5) is 0 Å². The second-order valence-corrected chi connectivity index (χ2v) is 7.41. The Morgan fingerprint density at radius 3 is 2.74 bits per heavy atom. The predicted molar refractivity (Wildman–Crippen MR) is 106 cm³/mol. The maximum atomic E-state index is 12.5. The van der Waals surface area contributed by atoms with E-state index in [2.05, 4.69) is 14.9 Å². The van der Waals surface area contributed by atoms with Gasteiger partial charge < -0.3 is 10.1 Å². The van der Waals surface area contributed by atoms with Crippen LogP contribution >= 0.6 is 23.2 Å². The molecule has 0 saturated carbocycles. The maximum absolute atomic E-state index is 12.5. The lowest BCUT2D eigenvalue weighted by atomic mass is 10.0. The summed E-state index contributed by atoms with van der Waals surface area (Å²) in [6.07, 6.45) is 0.599. The highest BCUT2D eigenvalue weighted by Crippen LogP contribution is 2.32. The van der Waals surface area contributed by atoms with Gasteiger partial charge >= 0.3 is 0 Å². The zero-order valence-corrected chi connectivity index (χ0v) is 15.9. The zero-order valence-electron chi connectivity index (χ0n) is 14.4. The molecule has 3 aromatic rings.